The molecule has 4 nitrogen and oxygen atoms in total. The van der Waals surface area contributed by atoms with Crippen molar-refractivity contribution in [1.82, 2.24) is 9.78 Å². The zero-order chi connectivity index (χ0) is 10.7. The van der Waals surface area contributed by atoms with Gasteiger partial charge in [0.15, 0.2) is 0 Å². The van der Waals surface area contributed by atoms with Crippen LogP contribution in [0.15, 0.2) is 0 Å². The highest BCUT2D eigenvalue weighted by Crippen LogP contribution is 2.21. The zero-order valence-electron chi connectivity index (χ0n) is 9.46. The van der Waals surface area contributed by atoms with Crippen LogP contribution in [0.1, 0.15) is 26.0 Å². The van der Waals surface area contributed by atoms with E-state index in [1.165, 1.54) is 6.42 Å². The van der Waals surface area contributed by atoms with Gasteiger partial charge in [-0.25, -0.2) is 0 Å². The molecule has 0 fully saturated rings. The fourth-order valence-corrected chi connectivity index (χ4v) is 1.30. The summed E-state index contributed by atoms with van der Waals surface area (Å²) in [6.45, 7) is 7.26. The Morgan fingerprint density at radius 3 is 2.64 bits per heavy atom. The van der Waals surface area contributed by atoms with E-state index in [2.05, 4.69) is 24.3 Å². The van der Waals surface area contributed by atoms with Crippen molar-refractivity contribution in [1.29, 1.82) is 0 Å². The second kappa shape index (κ2) is 4.35. The molecule has 0 amide bonds. The number of hydrogen-bond donors (Lipinski definition) is 2. The van der Waals surface area contributed by atoms with Gasteiger partial charge in [-0.1, -0.05) is 20.3 Å². The number of nitrogens with one attached hydrogen (secondary N) is 1. The second-order valence-electron chi connectivity index (χ2n) is 3.87. The lowest BCUT2D eigenvalue weighted by atomic mass is 10.1. The molecule has 1 atom stereocenters. The number of aryl methyl sites for hydroxylation is 2. The summed E-state index contributed by atoms with van der Waals surface area (Å²) < 4.78 is 1.80. The van der Waals surface area contributed by atoms with Crippen molar-refractivity contribution < 1.29 is 0 Å². The van der Waals surface area contributed by atoms with Gasteiger partial charge in [-0.3, -0.25) is 4.68 Å². The second-order valence-corrected chi connectivity index (χ2v) is 3.87. The first-order valence-corrected chi connectivity index (χ1v) is 5.09. The Kier molecular flexibility index (Phi) is 3.38. The van der Waals surface area contributed by atoms with E-state index < -0.39 is 0 Å². The Balaban J connectivity index is 2.67. The van der Waals surface area contributed by atoms with Crippen LogP contribution in [0.5, 0.6) is 0 Å². The quantitative estimate of drug-likeness (QED) is 0.771. The third kappa shape index (κ3) is 2.19. The van der Waals surface area contributed by atoms with E-state index in [0.717, 1.165) is 23.7 Å². The van der Waals surface area contributed by atoms with Crippen LogP contribution in [-0.4, -0.2) is 16.3 Å². The third-order valence-corrected chi connectivity index (χ3v) is 2.58. The molecule has 0 bridgehead atoms. The maximum absolute atomic E-state index is 5.89. The summed E-state index contributed by atoms with van der Waals surface area (Å²) in [5.41, 5.74) is 7.53. The van der Waals surface area contributed by atoms with Gasteiger partial charge in [0.2, 0.25) is 0 Å². The van der Waals surface area contributed by atoms with Crippen LogP contribution in [-0.2, 0) is 7.05 Å². The van der Waals surface area contributed by atoms with Gasteiger partial charge in [-0.15, -0.1) is 0 Å². The molecule has 1 unspecified atom stereocenters. The molecule has 0 spiro atoms. The van der Waals surface area contributed by atoms with Crippen LogP contribution >= 0.6 is 0 Å². The number of aromatic nitrogens is 2. The Labute approximate surface area is 85.5 Å². The maximum Gasteiger partial charge on any atom is 0.147 e. The van der Waals surface area contributed by atoms with Crippen LogP contribution in [0.4, 0.5) is 11.5 Å². The van der Waals surface area contributed by atoms with Gasteiger partial charge >= 0.3 is 0 Å². The molecule has 4 heteroatoms. The first kappa shape index (κ1) is 10.9. The molecule has 0 radical (unpaired) electrons. The average Bonchev–Trinajstić information content (AvgIpc) is 2.39. The molecule has 0 aliphatic rings. The summed E-state index contributed by atoms with van der Waals surface area (Å²) in [6.07, 6.45) is 1.17. The minimum atomic E-state index is 0.657. The highest BCUT2D eigenvalue weighted by atomic mass is 15.3. The maximum atomic E-state index is 5.89. The number of rotatable bonds is 4. The van der Waals surface area contributed by atoms with E-state index in [4.69, 9.17) is 5.73 Å². The van der Waals surface area contributed by atoms with Crippen LogP contribution in [0, 0.1) is 12.8 Å². The molecule has 0 aliphatic heterocycles. The minimum absolute atomic E-state index is 0.657. The number of nitrogens with zero attached hydrogens (tertiary/aromatic N) is 2. The third-order valence-electron chi connectivity index (χ3n) is 2.58. The molecule has 80 valence electrons. The van der Waals surface area contributed by atoms with E-state index in [0.29, 0.717) is 5.92 Å². The Morgan fingerprint density at radius 2 is 2.21 bits per heavy atom. The van der Waals surface area contributed by atoms with Crippen molar-refractivity contribution in [2.24, 2.45) is 13.0 Å². The lowest BCUT2D eigenvalue weighted by Gasteiger charge is -2.11. The number of anilines is 2. The average molecular weight is 196 g/mol. The fourth-order valence-electron chi connectivity index (χ4n) is 1.30. The topological polar surface area (TPSA) is 55.9 Å². The molecule has 1 aromatic rings. The van der Waals surface area contributed by atoms with E-state index in [1.54, 1.807) is 4.68 Å². The Hall–Kier alpha value is -1.19. The van der Waals surface area contributed by atoms with Crippen LogP contribution in [0.2, 0.25) is 0 Å². The first-order valence-electron chi connectivity index (χ1n) is 5.09. The van der Waals surface area contributed by atoms with Gasteiger partial charge in [0.1, 0.15) is 5.82 Å². The summed E-state index contributed by atoms with van der Waals surface area (Å²) in [7, 11) is 1.91. The fraction of sp³-hybridized carbons (Fsp3) is 0.700. The van der Waals surface area contributed by atoms with E-state index in [-0.39, 0.29) is 0 Å². The van der Waals surface area contributed by atoms with Gasteiger partial charge in [-0.05, 0) is 12.8 Å². The van der Waals surface area contributed by atoms with E-state index >= 15 is 0 Å². The van der Waals surface area contributed by atoms with Gasteiger partial charge < -0.3 is 11.1 Å². The van der Waals surface area contributed by atoms with Gasteiger partial charge in [-0.2, -0.15) is 5.10 Å². The molecular weight excluding hydrogens is 176 g/mol. The van der Waals surface area contributed by atoms with Crippen LogP contribution < -0.4 is 11.1 Å². The van der Waals surface area contributed by atoms with Crippen molar-refractivity contribution in [3.63, 3.8) is 0 Å². The monoisotopic (exact) mass is 196 g/mol. The minimum Gasteiger partial charge on any atom is -0.394 e. The highest BCUT2D eigenvalue weighted by molar-refractivity contribution is 5.64. The number of nitrogens with two attached hydrogens (primary N) is 1. The van der Waals surface area contributed by atoms with Gasteiger partial charge in [0, 0.05) is 13.6 Å². The zero-order valence-corrected chi connectivity index (χ0v) is 9.46. The molecule has 0 aromatic carbocycles. The summed E-state index contributed by atoms with van der Waals surface area (Å²) in [5, 5.41) is 7.57. The van der Waals surface area contributed by atoms with Crippen LogP contribution in [0.25, 0.3) is 0 Å². The molecule has 0 aliphatic carbocycles. The lowest BCUT2D eigenvalue weighted by molar-refractivity contribution is 0.589. The van der Waals surface area contributed by atoms with E-state index in [9.17, 15) is 0 Å². The molecule has 0 saturated carbocycles. The molecule has 1 heterocycles. The predicted octanol–water partition coefficient (Wildman–Crippen LogP) is 1.77. The van der Waals surface area contributed by atoms with Crippen LogP contribution in [0.3, 0.4) is 0 Å². The van der Waals surface area contributed by atoms with E-state index in [1.807, 2.05) is 14.0 Å². The number of nitrogen functional groups attached to an aromatic ring is 1. The predicted molar refractivity (Wildman–Crippen MR) is 60.3 cm³/mol. The highest BCUT2D eigenvalue weighted by Gasteiger charge is 2.09. The molecule has 1 rings (SSSR count). The normalized spacial score (nSPS) is 12.9. The van der Waals surface area contributed by atoms with Crippen molar-refractivity contribution in [3.05, 3.63) is 5.69 Å². The smallest absolute Gasteiger partial charge is 0.147 e. The first-order chi connectivity index (χ1) is 6.56. The molecule has 1 aromatic heterocycles. The van der Waals surface area contributed by atoms with Gasteiger partial charge in [0.05, 0.1) is 11.4 Å². The van der Waals surface area contributed by atoms with Crippen molar-refractivity contribution in [2.45, 2.75) is 27.2 Å². The van der Waals surface area contributed by atoms with Crippen molar-refractivity contribution >= 4 is 11.5 Å². The lowest BCUT2D eigenvalue weighted by Crippen LogP contribution is -2.13. The molecule has 14 heavy (non-hydrogen) atoms. The molecule has 0 saturated heterocycles. The van der Waals surface area contributed by atoms with Crippen molar-refractivity contribution in [3.8, 4) is 0 Å². The largest absolute Gasteiger partial charge is 0.394 e. The Morgan fingerprint density at radius 1 is 1.57 bits per heavy atom. The number of hydrogen-bond acceptors (Lipinski definition) is 3. The standard InChI is InChI=1S/C10H20N4/c1-5-7(2)6-12-10-9(11)8(3)13-14(10)4/h7,12H,5-6,11H2,1-4H3. The summed E-state index contributed by atoms with van der Waals surface area (Å²) in [6, 6.07) is 0. The molecular formula is C10H20N4. The molecule has 3 N–H and O–H groups in total. The summed E-state index contributed by atoms with van der Waals surface area (Å²) in [4.78, 5) is 0. The SMILES string of the molecule is CCC(C)CNc1c(N)c(C)nn1C. The van der Waals surface area contributed by atoms with Crippen molar-refractivity contribution in [2.75, 3.05) is 17.6 Å². The van der Waals surface area contributed by atoms with Gasteiger partial charge in [0.25, 0.3) is 0 Å². The summed E-state index contributed by atoms with van der Waals surface area (Å²) >= 11 is 0. The Bertz CT molecular complexity index is 303. The summed E-state index contributed by atoms with van der Waals surface area (Å²) in [5.74, 6) is 1.59.